The van der Waals surface area contributed by atoms with Crippen LogP contribution < -0.4 is 20.3 Å². The molecular weight excluding hydrogens is 502 g/mol. The molecule has 0 radical (unpaired) electrons. The number of nitrogens with one attached hydrogen (secondary N) is 2. The number of anilines is 1. The number of rotatable bonds is 10. The van der Waals surface area contributed by atoms with E-state index in [0.717, 1.165) is 79.1 Å². The summed E-state index contributed by atoms with van der Waals surface area (Å²) in [6, 6.07) is 12.9. The summed E-state index contributed by atoms with van der Waals surface area (Å²) in [5.41, 5.74) is 4.90. The molecule has 0 bridgehead atoms. The van der Waals surface area contributed by atoms with Gasteiger partial charge >= 0.3 is 0 Å². The van der Waals surface area contributed by atoms with E-state index in [1.165, 1.54) is 0 Å². The lowest BCUT2D eigenvalue weighted by Crippen LogP contribution is -2.62. The zero-order chi connectivity index (χ0) is 28.9. The number of ether oxygens (including phenoxy) is 3. The molecule has 0 aromatic heterocycles. The molecule has 2 aromatic carbocycles. The van der Waals surface area contributed by atoms with Crippen LogP contribution in [0.25, 0.3) is 11.1 Å². The summed E-state index contributed by atoms with van der Waals surface area (Å²) >= 11 is 0. The fourth-order valence-corrected chi connectivity index (χ4v) is 6.70. The summed E-state index contributed by atoms with van der Waals surface area (Å²) < 4.78 is 16.5. The average molecular weight is 552 g/mol. The zero-order valence-corrected chi connectivity index (χ0v) is 25.6. The highest BCUT2D eigenvalue weighted by atomic mass is 16.5. The van der Waals surface area contributed by atoms with Gasteiger partial charge in [-0.3, -0.25) is 4.79 Å². The largest absolute Gasteiger partial charge is 0.491 e. The van der Waals surface area contributed by atoms with Gasteiger partial charge in [-0.25, -0.2) is 0 Å². The van der Waals surface area contributed by atoms with Crippen molar-refractivity contribution in [1.29, 1.82) is 0 Å². The number of hydrogen-bond donors (Lipinski definition) is 2. The lowest BCUT2D eigenvalue weighted by molar-refractivity contribution is 0.0844. The molecule has 0 aliphatic carbocycles. The van der Waals surface area contributed by atoms with Gasteiger partial charge in [0, 0.05) is 61.3 Å². The standard InChI is InChI=1S/C33H49N3O4/c1-8-36(27-13-15-39-16-14-27)30-20-25(24-9-11-28(12-10-24)40-18-17-38-7)19-29(23(30)2)31(37)34-26-21-32(3,4)35-33(5,6)22-26/h9-12,19-20,26-27,35H,8,13-18,21-22H2,1-7H3,(H,34,37). The fourth-order valence-electron chi connectivity index (χ4n) is 6.70. The molecule has 2 fully saturated rings. The molecule has 7 heteroatoms. The van der Waals surface area contributed by atoms with Crippen molar-refractivity contribution in [2.75, 3.05) is 45.0 Å². The van der Waals surface area contributed by atoms with E-state index >= 15 is 0 Å². The number of nitrogens with zero attached hydrogens (tertiary/aromatic N) is 1. The summed E-state index contributed by atoms with van der Waals surface area (Å²) in [7, 11) is 1.67. The van der Waals surface area contributed by atoms with Crippen molar-refractivity contribution in [3.63, 3.8) is 0 Å². The third-order valence-corrected chi connectivity index (χ3v) is 8.18. The van der Waals surface area contributed by atoms with Crippen molar-refractivity contribution in [2.24, 2.45) is 0 Å². The van der Waals surface area contributed by atoms with Gasteiger partial charge in [0.1, 0.15) is 12.4 Å². The van der Waals surface area contributed by atoms with Gasteiger partial charge in [-0.05, 0) is 108 Å². The molecule has 1 amide bonds. The highest BCUT2D eigenvalue weighted by Crippen LogP contribution is 2.35. The maximum atomic E-state index is 14.0. The van der Waals surface area contributed by atoms with Crippen molar-refractivity contribution in [1.82, 2.24) is 10.6 Å². The first-order valence-electron chi connectivity index (χ1n) is 14.8. The Bertz CT molecular complexity index is 1120. The SMILES string of the molecule is CCN(c1cc(-c2ccc(OCCOC)cc2)cc(C(=O)NC2CC(C)(C)NC(C)(C)C2)c1C)C1CCOCC1. The Labute approximate surface area is 241 Å². The predicted octanol–water partition coefficient (Wildman–Crippen LogP) is 5.73. The summed E-state index contributed by atoms with van der Waals surface area (Å²) in [6.07, 6.45) is 3.76. The van der Waals surface area contributed by atoms with Gasteiger partial charge < -0.3 is 29.7 Å². The molecule has 0 saturated carbocycles. The Kier molecular flexibility index (Phi) is 9.80. The topological polar surface area (TPSA) is 72.1 Å². The lowest BCUT2D eigenvalue weighted by Gasteiger charge is -2.46. The number of methoxy groups -OCH3 is 1. The molecule has 0 unspecified atom stereocenters. The first kappa shape index (κ1) is 30.4. The molecule has 2 aromatic rings. The van der Waals surface area contributed by atoms with Crippen LogP contribution in [0.2, 0.25) is 0 Å². The van der Waals surface area contributed by atoms with Crippen molar-refractivity contribution < 1.29 is 19.0 Å². The first-order chi connectivity index (χ1) is 19.0. The summed E-state index contributed by atoms with van der Waals surface area (Å²) in [6.45, 7) is 16.6. The van der Waals surface area contributed by atoms with Crippen LogP contribution in [-0.4, -0.2) is 69.2 Å². The van der Waals surface area contributed by atoms with Crippen LogP contribution >= 0.6 is 0 Å². The van der Waals surface area contributed by atoms with Crippen LogP contribution in [0.15, 0.2) is 36.4 Å². The average Bonchev–Trinajstić information content (AvgIpc) is 2.89. The number of carbonyl (C=O) groups is 1. The van der Waals surface area contributed by atoms with Gasteiger partial charge in [0.05, 0.1) is 6.61 Å². The molecular formula is C33H49N3O4. The Hall–Kier alpha value is -2.61. The van der Waals surface area contributed by atoms with Gasteiger partial charge in [0.15, 0.2) is 0 Å². The summed E-state index contributed by atoms with van der Waals surface area (Å²) in [5.74, 6) is 0.807. The third-order valence-electron chi connectivity index (χ3n) is 8.18. The van der Waals surface area contributed by atoms with E-state index in [4.69, 9.17) is 14.2 Å². The Morgan fingerprint density at radius 2 is 1.68 bits per heavy atom. The smallest absolute Gasteiger partial charge is 0.251 e. The third kappa shape index (κ3) is 7.56. The van der Waals surface area contributed by atoms with Crippen LogP contribution in [0.4, 0.5) is 5.69 Å². The van der Waals surface area contributed by atoms with Gasteiger partial charge in [0.25, 0.3) is 5.91 Å². The normalized spacial score (nSPS) is 19.3. The van der Waals surface area contributed by atoms with Crippen molar-refractivity contribution in [2.45, 2.75) is 90.4 Å². The molecule has 2 aliphatic heterocycles. The van der Waals surface area contributed by atoms with Crippen LogP contribution in [0.1, 0.15) is 76.2 Å². The molecule has 0 spiro atoms. The molecule has 2 N–H and O–H groups in total. The van der Waals surface area contributed by atoms with E-state index in [1.807, 2.05) is 12.1 Å². The predicted molar refractivity (Wildman–Crippen MR) is 163 cm³/mol. The second-order valence-corrected chi connectivity index (χ2v) is 12.6. The minimum absolute atomic E-state index is 0.00153. The Morgan fingerprint density at radius 1 is 1.02 bits per heavy atom. The minimum atomic E-state index is -0.0448. The van der Waals surface area contributed by atoms with Crippen molar-refractivity contribution in [3.8, 4) is 16.9 Å². The highest BCUT2D eigenvalue weighted by molar-refractivity contribution is 5.99. The van der Waals surface area contributed by atoms with E-state index < -0.39 is 0 Å². The fraction of sp³-hybridized carbons (Fsp3) is 0.606. The molecule has 2 aliphatic rings. The zero-order valence-electron chi connectivity index (χ0n) is 25.6. The molecule has 40 heavy (non-hydrogen) atoms. The van der Waals surface area contributed by atoms with Gasteiger partial charge in [-0.15, -0.1) is 0 Å². The quantitative estimate of drug-likeness (QED) is 0.368. The molecule has 0 atom stereocenters. The Morgan fingerprint density at radius 3 is 2.27 bits per heavy atom. The highest BCUT2D eigenvalue weighted by Gasteiger charge is 2.38. The van der Waals surface area contributed by atoms with Crippen LogP contribution in [0.5, 0.6) is 5.75 Å². The number of amides is 1. The van der Waals surface area contributed by atoms with Gasteiger partial charge in [0.2, 0.25) is 0 Å². The lowest BCUT2D eigenvalue weighted by atomic mass is 9.79. The molecule has 4 rings (SSSR count). The van der Waals surface area contributed by atoms with Crippen molar-refractivity contribution in [3.05, 3.63) is 47.5 Å². The van der Waals surface area contributed by atoms with Crippen LogP contribution in [0, 0.1) is 6.92 Å². The van der Waals surface area contributed by atoms with E-state index in [2.05, 4.69) is 81.3 Å². The van der Waals surface area contributed by atoms with Crippen molar-refractivity contribution >= 4 is 11.6 Å². The minimum Gasteiger partial charge on any atom is -0.491 e. The van der Waals surface area contributed by atoms with Crippen LogP contribution in [0.3, 0.4) is 0 Å². The monoisotopic (exact) mass is 551 g/mol. The number of carbonyl (C=O) groups excluding carboxylic acids is 1. The van der Waals surface area contributed by atoms with Crippen LogP contribution in [-0.2, 0) is 9.47 Å². The number of piperidine rings is 1. The van der Waals surface area contributed by atoms with E-state index in [0.29, 0.717) is 19.3 Å². The van der Waals surface area contributed by atoms with Gasteiger partial charge in [-0.2, -0.15) is 0 Å². The van der Waals surface area contributed by atoms with E-state index in [1.54, 1.807) is 7.11 Å². The molecule has 7 nitrogen and oxygen atoms in total. The number of hydrogen-bond acceptors (Lipinski definition) is 6. The van der Waals surface area contributed by atoms with Gasteiger partial charge in [-0.1, -0.05) is 12.1 Å². The van der Waals surface area contributed by atoms with E-state index in [-0.39, 0.29) is 23.0 Å². The maximum Gasteiger partial charge on any atom is 0.251 e. The maximum absolute atomic E-state index is 14.0. The second kappa shape index (κ2) is 12.9. The second-order valence-electron chi connectivity index (χ2n) is 12.6. The summed E-state index contributed by atoms with van der Waals surface area (Å²) in [4.78, 5) is 16.4. The first-order valence-corrected chi connectivity index (χ1v) is 14.8. The van der Waals surface area contributed by atoms with E-state index in [9.17, 15) is 4.79 Å². The number of benzene rings is 2. The molecule has 2 saturated heterocycles. The Balaban J connectivity index is 1.69. The molecule has 2 heterocycles. The molecule has 220 valence electrons. The summed E-state index contributed by atoms with van der Waals surface area (Å²) in [5, 5.41) is 7.14.